The highest BCUT2D eigenvalue weighted by molar-refractivity contribution is 7.16. The number of hydrogen-bond donors (Lipinski definition) is 4. The van der Waals surface area contributed by atoms with Crippen molar-refractivity contribution in [1.82, 2.24) is 5.32 Å². The number of hydrogen-bond acceptors (Lipinski definition) is 4. The minimum Gasteiger partial charge on any atom is -0.506 e. The van der Waals surface area contributed by atoms with Crippen LogP contribution in [0.1, 0.15) is 32.5 Å². The second kappa shape index (κ2) is 5.81. The number of phenols is 1. The Bertz CT molecular complexity index is 852. The molecule has 1 aromatic heterocycles. The molecule has 1 aromatic carbocycles. The number of thiophene rings is 1. The largest absolute Gasteiger partial charge is 0.506 e. The van der Waals surface area contributed by atoms with Crippen LogP contribution in [0.4, 0.5) is 5.00 Å². The normalized spacial score (nSPS) is 22.4. The van der Waals surface area contributed by atoms with E-state index in [4.69, 9.17) is 23.2 Å². The van der Waals surface area contributed by atoms with Gasteiger partial charge in [-0.2, -0.15) is 0 Å². The quantitative estimate of drug-likeness (QED) is 0.609. The number of fused-ring (bicyclic) bond motifs is 3. The van der Waals surface area contributed by atoms with Crippen molar-refractivity contribution in [3.63, 3.8) is 0 Å². The molecule has 0 aliphatic carbocycles. The third-order valence-corrected chi connectivity index (χ3v) is 6.17. The minimum absolute atomic E-state index is 0.0761. The Morgan fingerprint density at radius 3 is 2.92 bits per heavy atom. The van der Waals surface area contributed by atoms with E-state index in [-0.39, 0.29) is 16.7 Å². The molecule has 24 heavy (non-hydrogen) atoms. The Morgan fingerprint density at radius 2 is 2.12 bits per heavy atom. The van der Waals surface area contributed by atoms with Crippen LogP contribution in [0, 0.1) is 0 Å². The summed E-state index contributed by atoms with van der Waals surface area (Å²) in [6.07, 6.45) is 0.340. The van der Waals surface area contributed by atoms with Crippen LogP contribution >= 0.6 is 34.5 Å². The first-order valence-corrected chi connectivity index (χ1v) is 9.22. The van der Waals surface area contributed by atoms with E-state index in [9.17, 15) is 9.90 Å². The van der Waals surface area contributed by atoms with Crippen molar-refractivity contribution < 1.29 is 14.8 Å². The lowest BCUT2D eigenvalue weighted by molar-refractivity contribution is -0.895. The lowest BCUT2D eigenvalue weighted by Crippen LogP contribution is -3.08. The number of carbonyl (C=O) groups excluding carboxylic acids is 1. The van der Waals surface area contributed by atoms with Gasteiger partial charge in [0.2, 0.25) is 0 Å². The van der Waals surface area contributed by atoms with Crippen LogP contribution in [0.2, 0.25) is 10.0 Å². The summed E-state index contributed by atoms with van der Waals surface area (Å²) < 4.78 is 0. The average molecular weight is 385 g/mol. The second-order valence-corrected chi connectivity index (χ2v) is 8.17. The molecule has 2 atom stereocenters. The van der Waals surface area contributed by atoms with E-state index in [1.807, 2.05) is 0 Å². The zero-order valence-corrected chi connectivity index (χ0v) is 15.2. The van der Waals surface area contributed by atoms with Crippen LogP contribution in [0.15, 0.2) is 12.1 Å². The van der Waals surface area contributed by atoms with E-state index in [2.05, 4.69) is 17.7 Å². The van der Waals surface area contributed by atoms with Gasteiger partial charge in [-0.05, 0) is 17.7 Å². The van der Waals surface area contributed by atoms with Gasteiger partial charge in [-0.15, -0.1) is 11.3 Å². The maximum absolute atomic E-state index is 12.7. The number of anilines is 1. The first kappa shape index (κ1) is 16.0. The number of carbonyl (C=O) groups is 1. The molecule has 4 rings (SSSR count). The molecule has 2 aliphatic heterocycles. The van der Waals surface area contributed by atoms with E-state index in [0.717, 1.165) is 35.6 Å². The highest BCUT2D eigenvalue weighted by atomic mass is 35.5. The Morgan fingerprint density at radius 1 is 1.33 bits per heavy atom. The fourth-order valence-corrected chi connectivity index (χ4v) is 5.19. The predicted octanol–water partition coefficient (Wildman–Crippen LogP) is 2.19. The number of phenolic OH excluding ortho intramolecular Hbond substituents is 1. The van der Waals surface area contributed by atoms with Crippen LogP contribution < -0.4 is 15.5 Å². The number of quaternary nitrogens is 1. The van der Waals surface area contributed by atoms with Gasteiger partial charge in [0.25, 0.3) is 5.91 Å². The molecule has 1 unspecified atom stereocenters. The number of halogens is 2. The zero-order valence-electron chi connectivity index (χ0n) is 12.9. The van der Waals surface area contributed by atoms with Crippen molar-refractivity contribution >= 4 is 45.4 Å². The predicted molar refractivity (Wildman–Crippen MR) is 95.4 cm³/mol. The lowest BCUT2D eigenvalue weighted by atomic mass is 10.0. The molecule has 2 aromatic rings. The minimum atomic E-state index is -0.564. The summed E-state index contributed by atoms with van der Waals surface area (Å²) in [6, 6.07) is 3.08. The molecule has 1 amide bonds. The third kappa shape index (κ3) is 2.54. The molecule has 0 fully saturated rings. The molecule has 0 saturated heterocycles. The molecule has 126 valence electrons. The molecule has 8 heteroatoms. The third-order valence-electron chi connectivity index (χ3n) is 4.50. The molecule has 0 radical (unpaired) electrons. The Balaban J connectivity index is 1.74. The topological polar surface area (TPSA) is 65.8 Å². The van der Waals surface area contributed by atoms with Crippen molar-refractivity contribution in [3.05, 3.63) is 43.7 Å². The summed E-state index contributed by atoms with van der Waals surface area (Å²) >= 11 is 13.7. The van der Waals surface area contributed by atoms with Gasteiger partial charge in [0, 0.05) is 17.0 Å². The maximum Gasteiger partial charge on any atom is 0.256 e. The maximum atomic E-state index is 12.7. The monoisotopic (exact) mass is 384 g/mol. The van der Waals surface area contributed by atoms with Gasteiger partial charge in [0.1, 0.15) is 23.5 Å². The smallest absolute Gasteiger partial charge is 0.256 e. The molecular formula is C16H16Cl2N3O2S+. The van der Waals surface area contributed by atoms with E-state index < -0.39 is 6.17 Å². The average Bonchev–Trinajstić information content (AvgIpc) is 2.88. The molecular weight excluding hydrogens is 369 g/mol. The van der Waals surface area contributed by atoms with Crippen molar-refractivity contribution in [2.24, 2.45) is 0 Å². The van der Waals surface area contributed by atoms with Crippen LogP contribution in [-0.2, 0) is 13.0 Å². The number of amides is 1. The number of aromatic hydroxyl groups is 1. The van der Waals surface area contributed by atoms with Crippen LogP contribution in [-0.4, -0.2) is 24.6 Å². The first-order valence-electron chi connectivity index (χ1n) is 7.65. The SMILES string of the molecule is C[NH+]1CCc2c(sc3c2C(=O)N[C@H](c2cc(Cl)cc(Cl)c2O)N3)C1. The van der Waals surface area contributed by atoms with Gasteiger partial charge in [-0.25, -0.2) is 0 Å². The first-order chi connectivity index (χ1) is 11.4. The summed E-state index contributed by atoms with van der Waals surface area (Å²) in [7, 11) is 2.16. The fraction of sp³-hybridized carbons (Fsp3) is 0.312. The summed E-state index contributed by atoms with van der Waals surface area (Å²) in [4.78, 5) is 15.4. The molecule has 0 spiro atoms. The molecule has 4 N–H and O–H groups in total. The summed E-state index contributed by atoms with van der Waals surface area (Å²) in [5, 5.41) is 17.9. The highest BCUT2D eigenvalue weighted by Gasteiger charge is 2.34. The highest BCUT2D eigenvalue weighted by Crippen LogP contribution is 2.42. The van der Waals surface area contributed by atoms with E-state index in [0.29, 0.717) is 10.6 Å². The number of likely N-dealkylation sites (N-methyl/N-ethyl adjacent to an activating group) is 1. The number of rotatable bonds is 1. The molecule has 2 aliphatic rings. The van der Waals surface area contributed by atoms with Crippen molar-refractivity contribution in [1.29, 1.82) is 0 Å². The van der Waals surface area contributed by atoms with Crippen molar-refractivity contribution in [3.8, 4) is 5.75 Å². The molecule has 0 saturated carbocycles. The van der Waals surface area contributed by atoms with E-state index in [1.54, 1.807) is 17.4 Å². The summed E-state index contributed by atoms with van der Waals surface area (Å²) in [6.45, 7) is 1.96. The number of nitrogens with one attached hydrogen (secondary N) is 3. The Labute approximate surface area is 153 Å². The van der Waals surface area contributed by atoms with Gasteiger partial charge in [0.15, 0.2) is 0 Å². The van der Waals surface area contributed by atoms with Crippen LogP contribution in [0.25, 0.3) is 0 Å². The molecule has 5 nitrogen and oxygen atoms in total. The standard InChI is InChI=1S/C16H15Cl2N3O2S/c1-21-3-2-8-11(6-21)24-16-12(8)15(23)19-14(20-16)9-4-7(17)5-10(18)13(9)22/h4-5,14,20,22H,2-3,6H2,1H3,(H,19,23)/p+1/t14-/m0/s1. The lowest BCUT2D eigenvalue weighted by Gasteiger charge is -2.27. The zero-order chi connectivity index (χ0) is 17.0. The Kier molecular flexibility index (Phi) is 3.88. The van der Waals surface area contributed by atoms with Gasteiger partial charge < -0.3 is 20.6 Å². The number of benzene rings is 1. The second-order valence-electron chi connectivity index (χ2n) is 6.22. The van der Waals surface area contributed by atoms with Gasteiger partial charge in [0.05, 0.1) is 29.1 Å². The van der Waals surface area contributed by atoms with E-state index in [1.165, 1.54) is 15.8 Å². The van der Waals surface area contributed by atoms with Gasteiger partial charge >= 0.3 is 0 Å². The van der Waals surface area contributed by atoms with Crippen molar-refractivity contribution in [2.45, 2.75) is 19.1 Å². The molecule has 3 heterocycles. The van der Waals surface area contributed by atoms with E-state index >= 15 is 0 Å². The molecule has 0 bridgehead atoms. The van der Waals surface area contributed by atoms with Crippen LogP contribution in [0.3, 0.4) is 0 Å². The summed E-state index contributed by atoms with van der Waals surface area (Å²) in [5.74, 6) is -0.200. The van der Waals surface area contributed by atoms with Crippen LogP contribution in [0.5, 0.6) is 5.75 Å². The summed E-state index contributed by atoms with van der Waals surface area (Å²) in [5.41, 5.74) is 2.35. The Hall–Kier alpha value is -1.47. The fourth-order valence-electron chi connectivity index (χ4n) is 3.29. The van der Waals surface area contributed by atoms with Gasteiger partial charge in [-0.1, -0.05) is 23.2 Å². The van der Waals surface area contributed by atoms with Gasteiger partial charge in [-0.3, -0.25) is 4.79 Å². The van der Waals surface area contributed by atoms with Crippen molar-refractivity contribution in [2.75, 3.05) is 18.9 Å².